The fraction of sp³-hybridized carbons (Fsp3) is 0.364. The molecule has 0 aliphatic rings. The van der Waals surface area contributed by atoms with Crippen LogP contribution in [0.25, 0.3) is 0 Å². The predicted octanol–water partition coefficient (Wildman–Crippen LogP) is 0.198. The first kappa shape index (κ1) is 12.5. The molecule has 0 saturated carbocycles. The Morgan fingerprint density at radius 3 is 2.44 bits per heavy atom. The zero-order valence-corrected chi connectivity index (χ0v) is 9.29. The van der Waals surface area contributed by atoms with E-state index in [1.807, 2.05) is 20.2 Å². The van der Waals surface area contributed by atoms with E-state index in [4.69, 9.17) is 10.8 Å². The van der Waals surface area contributed by atoms with Crippen LogP contribution in [0.3, 0.4) is 0 Å². The summed E-state index contributed by atoms with van der Waals surface area (Å²) in [5.74, 6) is -1.22. The Bertz CT molecular complexity index is 379. The van der Waals surface area contributed by atoms with Crippen molar-refractivity contribution >= 4 is 11.7 Å². The van der Waals surface area contributed by atoms with E-state index in [2.05, 4.69) is 0 Å². The molecule has 0 aromatic heterocycles. The SMILES string of the molecule is CN(C)c1ccccc1C(O)C(N)C(=O)O. The van der Waals surface area contributed by atoms with Gasteiger partial charge in [-0.15, -0.1) is 0 Å². The number of anilines is 1. The Balaban J connectivity index is 3.07. The molecule has 1 aromatic carbocycles. The van der Waals surface area contributed by atoms with Crippen LogP contribution in [-0.2, 0) is 4.79 Å². The zero-order chi connectivity index (χ0) is 12.3. The smallest absolute Gasteiger partial charge is 0.323 e. The second kappa shape index (κ2) is 4.96. The molecular formula is C11H16N2O3. The standard InChI is InChI=1S/C11H16N2O3/c1-13(2)8-6-4-3-5-7(8)10(14)9(12)11(15)16/h3-6,9-10,14H,12H2,1-2H3,(H,15,16). The van der Waals surface area contributed by atoms with Crippen molar-refractivity contribution in [3.05, 3.63) is 29.8 Å². The number of benzene rings is 1. The van der Waals surface area contributed by atoms with E-state index in [0.29, 0.717) is 5.56 Å². The molecule has 4 N–H and O–H groups in total. The lowest BCUT2D eigenvalue weighted by atomic mass is 10.0. The van der Waals surface area contributed by atoms with Crippen LogP contribution in [0.4, 0.5) is 5.69 Å². The molecule has 5 nitrogen and oxygen atoms in total. The summed E-state index contributed by atoms with van der Waals surface area (Å²) in [6, 6.07) is 5.70. The maximum Gasteiger partial charge on any atom is 0.323 e. The van der Waals surface area contributed by atoms with E-state index in [0.717, 1.165) is 5.69 Å². The van der Waals surface area contributed by atoms with E-state index in [9.17, 15) is 9.90 Å². The van der Waals surface area contributed by atoms with Gasteiger partial charge in [0.1, 0.15) is 12.1 Å². The minimum Gasteiger partial charge on any atom is -0.480 e. The van der Waals surface area contributed by atoms with Crippen LogP contribution < -0.4 is 10.6 Å². The van der Waals surface area contributed by atoms with Gasteiger partial charge in [-0.1, -0.05) is 18.2 Å². The van der Waals surface area contributed by atoms with Crippen molar-refractivity contribution in [2.75, 3.05) is 19.0 Å². The van der Waals surface area contributed by atoms with Crippen molar-refractivity contribution in [3.63, 3.8) is 0 Å². The fourth-order valence-corrected chi connectivity index (χ4v) is 1.47. The number of carboxylic acid groups (broad SMARTS) is 1. The Morgan fingerprint density at radius 1 is 1.38 bits per heavy atom. The number of hydrogen-bond donors (Lipinski definition) is 3. The third-order valence-corrected chi connectivity index (χ3v) is 2.36. The number of hydrogen-bond acceptors (Lipinski definition) is 4. The molecule has 0 amide bonds. The monoisotopic (exact) mass is 224 g/mol. The van der Waals surface area contributed by atoms with Crippen LogP contribution in [0.5, 0.6) is 0 Å². The van der Waals surface area contributed by atoms with Crippen LogP contribution in [0, 0.1) is 0 Å². The number of carbonyl (C=O) groups is 1. The van der Waals surface area contributed by atoms with E-state index in [-0.39, 0.29) is 0 Å². The quantitative estimate of drug-likeness (QED) is 0.680. The summed E-state index contributed by atoms with van der Waals surface area (Å²) in [6.07, 6.45) is -1.21. The number of rotatable bonds is 4. The van der Waals surface area contributed by atoms with Crippen LogP contribution in [0.15, 0.2) is 24.3 Å². The van der Waals surface area contributed by atoms with Gasteiger partial charge in [0.05, 0.1) is 0 Å². The van der Waals surface area contributed by atoms with Gasteiger partial charge in [0.2, 0.25) is 0 Å². The second-order valence-corrected chi connectivity index (χ2v) is 3.76. The van der Waals surface area contributed by atoms with Gasteiger partial charge in [-0.2, -0.15) is 0 Å². The molecule has 2 atom stereocenters. The number of nitrogens with two attached hydrogens (primary N) is 1. The molecule has 0 aliphatic carbocycles. The molecule has 1 aromatic rings. The average molecular weight is 224 g/mol. The lowest BCUT2D eigenvalue weighted by Gasteiger charge is -2.22. The second-order valence-electron chi connectivity index (χ2n) is 3.76. The van der Waals surface area contributed by atoms with Gasteiger partial charge in [-0.25, -0.2) is 0 Å². The van der Waals surface area contributed by atoms with Crippen molar-refractivity contribution in [3.8, 4) is 0 Å². The summed E-state index contributed by atoms with van der Waals surface area (Å²) < 4.78 is 0. The minimum absolute atomic E-state index is 0.516. The maximum atomic E-state index is 10.7. The Kier molecular flexibility index (Phi) is 3.87. The summed E-state index contributed by atoms with van der Waals surface area (Å²) in [7, 11) is 3.63. The molecule has 2 unspecified atom stereocenters. The van der Waals surface area contributed by atoms with Crippen LogP contribution in [0.1, 0.15) is 11.7 Å². The van der Waals surface area contributed by atoms with Crippen LogP contribution in [0.2, 0.25) is 0 Å². The number of aliphatic hydroxyl groups is 1. The highest BCUT2D eigenvalue weighted by Crippen LogP contribution is 2.26. The van der Waals surface area contributed by atoms with Gasteiger partial charge < -0.3 is 20.8 Å². The molecule has 88 valence electrons. The van der Waals surface area contributed by atoms with Crippen molar-refractivity contribution in [1.29, 1.82) is 0 Å². The normalized spacial score (nSPS) is 14.2. The molecule has 0 aliphatic heterocycles. The highest BCUT2D eigenvalue weighted by molar-refractivity contribution is 5.75. The molecule has 16 heavy (non-hydrogen) atoms. The Hall–Kier alpha value is -1.59. The molecule has 0 spiro atoms. The predicted molar refractivity (Wildman–Crippen MR) is 61.3 cm³/mol. The van der Waals surface area contributed by atoms with Crippen LogP contribution >= 0.6 is 0 Å². The first-order valence-electron chi connectivity index (χ1n) is 4.88. The van der Waals surface area contributed by atoms with E-state index in [1.54, 1.807) is 23.1 Å². The lowest BCUT2D eigenvalue weighted by molar-refractivity contribution is -0.141. The Morgan fingerprint density at radius 2 is 1.94 bits per heavy atom. The molecule has 1 rings (SSSR count). The van der Waals surface area contributed by atoms with E-state index < -0.39 is 18.1 Å². The number of nitrogens with zero attached hydrogens (tertiary/aromatic N) is 1. The lowest BCUT2D eigenvalue weighted by Crippen LogP contribution is -2.37. The molecule has 0 fully saturated rings. The van der Waals surface area contributed by atoms with Gasteiger partial charge in [0.15, 0.2) is 0 Å². The summed E-state index contributed by atoms with van der Waals surface area (Å²) in [5.41, 5.74) is 6.67. The van der Waals surface area contributed by atoms with Gasteiger partial charge >= 0.3 is 5.97 Å². The number of para-hydroxylation sites is 1. The highest BCUT2D eigenvalue weighted by atomic mass is 16.4. The summed E-state index contributed by atoms with van der Waals surface area (Å²) >= 11 is 0. The summed E-state index contributed by atoms with van der Waals surface area (Å²) in [5, 5.41) is 18.6. The molecular weight excluding hydrogens is 208 g/mol. The zero-order valence-electron chi connectivity index (χ0n) is 9.29. The molecule has 0 saturated heterocycles. The first-order valence-corrected chi connectivity index (χ1v) is 4.88. The third-order valence-electron chi connectivity index (χ3n) is 2.36. The maximum absolute atomic E-state index is 10.7. The molecule has 5 heteroatoms. The van der Waals surface area contributed by atoms with E-state index >= 15 is 0 Å². The van der Waals surface area contributed by atoms with Crippen molar-refractivity contribution in [2.45, 2.75) is 12.1 Å². The van der Waals surface area contributed by atoms with Crippen molar-refractivity contribution in [2.24, 2.45) is 5.73 Å². The molecule has 0 radical (unpaired) electrons. The first-order chi connectivity index (χ1) is 7.45. The van der Waals surface area contributed by atoms with Gasteiger partial charge in [-0.3, -0.25) is 4.79 Å². The van der Waals surface area contributed by atoms with Gasteiger partial charge in [-0.05, 0) is 6.07 Å². The highest BCUT2D eigenvalue weighted by Gasteiger charge is 2.25. The largest absolute Gasteiger partial charge is 0.480 e. The molecule has 0 heterocycles. The molecule has 0 bridgehead atoms. The number of aliphatic carboxylic acids is 1. The van der Waals surface area contributed by atoms with Crippen molar-refractivity contribution < 1.29 is 15.0 Å². The topological polar surface area (TPSA) is 86.8 Å². The average Bonchev–Trinajstić information content (AvgIpc) is 2.26. The summed E-state index contributed by atoms with van der Waals surface area (Å²) in [4.78, 5) is 12.5. The number of carboxylic acids is 1. The van der Waals surface area contributed by atoms with Crippen molar-refractivity contribution in [1.82, 2.24) is 0 Å². The summed E-state index contributed by atoms with van der Waals surface area (Å²) in [6.45, 7) is 0. The fourth-order valence-electron chi connectivity index (χ4n) is 1.47. The number of aliphatic hydroxyl groups excluding tert-OH is 1. The van der Waals surface area contributed by atoms with E-state index in [1.165, 1.54) is 0 Å². The third kappa shape index (κ3) is 2.50. The minimum atomic E-state index is -1.32. The van der Waals surface area contributed by atoms with Gasteiger partial charge in [0.25, 0.3) is 0 Å². The Labute approximate surface area is 94.1 Å². The van der Waals surface area contributed by atoms with Crippen LogP contribution in [-0.4, -0.2) is 36.3 Å². The van der Waals surface area contributed by atoms with Gasteiger partial charge in [0, 0.05) is 25.3 Å².